The zero-order valence-corrected chi connectivity index (χ0v) is 15.1. The molecule has 2 aromatic rings. The fourth-order valence-corrected chi connectivity index (χ4v) is 2.30. The number of benzene rings is 1. The fourth-order valence-electron chi connectivity index (χ4n) is 2.30. The highest BCUT2D eigenvalue weighted by molar-refractivity contribution is 5.67. The van der Waals surface area contributed by atoms with E-state index in [0.717, 1.165) is 12.1 Å². The van der Waals surface area contributed by atoms with E-state index in [1.165, 1.54) is 13.0 Å². The van der Waals surface area contributed by atoms with Gasteiger partial charge in [-0.1, -0.05) is 26.8 Å². The summed E-state index contributed by atoms with van der Waals surface area (Å²) in [7, 11) is 0. The molecule has 1 atom stereocenters. The monoisotopic (exact) mass is 361 g/mol. The van der Waals surface area contributed by atoms with E-state index in [1.54, 1.807) is 30.6 Å². The quantitative estimate of drug-likeness (QED) is 0.569. The van der Waals surface area contributed by atoms with Gasteiger partial charge >= 0.3 is 5.97 Å². The van der Waals surface area contributed by atoms with Crippen molar-refractivity contribution in [2.75, 3.05) is 0 Å². The van der Waals surface area contributed by atoms with Crippen molar-refractivity contribution >= 4 is 12.0 Å². The van der Waals surface area contributed by atoms with Crippen LogP contribution in [0.4, 0.5) is 8.78 Å². The maximum absolute atomic E-state index is 14.1. The van der Waals surface area contributed by atoms with E-state index >= 15 is 0 Å². The lowest BCUT2D eigenvalue weighted by atomic mass is 9.87. The van der Waals surface area contributed by atoms with E-state index in [9.17, 15) is 13.6 Å². The molecule has 0 aliphatic heterocycles. The van der Waals surface area contributed by atoms with Crippen LogP contribution in [-0.2, 0) is 9.53 Å². The normalized spacial score (nSPS) is 13.2. The first-order chi connectivity index (χ1) is 12.2. The van der Waals surface area contributed by atoms with Crippen molar-refractivity contribution in [3.05, 3.63) is 65.7 Å². The fraction of sp³-hybridized carbons (Fsp3) is 0.300. The lowest BCUT2D eigenvalue weighted by molar-refractivity contribution is -0.150. The molecule has 0 N–H and O–H groups in total. The van der Waals surface area contributed by atoms with Crippen molar-refractivity contribution in [3.8, 4) is 5.75 Å². The molecule has 0 radical (unpaired) electrons. The minimum absolute atomic E-state index is 0.164. The number of hydrogen-bond acceptors (Lipinski definition) is 4. The predicted octanol–water partition coefficient (Wildman–Crippen LogP) is 4.76. The molecule has 0 saturated carbocycles. The summed E-state index contributed by atoms with van der Waals surface area (Å²) in [6.07, 6.45) is 4.04. The summed E-state index contributed by atoms with van der Waals surface area (Å²) >= 11 is 0. The Morgan fingerprint density at radius 2 is 1.96 bits per heavy atom. The molecule has 1 aromatic heterocycles. The van der Waals surface area contributed by atoms with Gasteiger partial charge in [-0.25, -0.2) is 8.78 Å². The number of hydrogen-bond donors (Lipinski definition) is 0. The van der Waals surface area contributed by atoms with Gasteiger partial charge in [0.05, 0.1) is 0 Å². The van der Waals surface area contributed by atoms with Crippen molar-refractivity contribution in [1.29, 1.82) is 0 Å². The minimum Gasteiger partial charge on any atom is -0.455 e. The number of ether oxygens (including phenoxy) is 2. The number of halogens is 2. The average Bonchev–Trinajstić information content (AvgIpc) is 2.54. The summed E-state index contributed by atoms with van der Waals surface area (Å²) in [6, 6.07) is 6.53. The third kappa shape index (κ3) is 5.37. The average molecular weight is 361 g/mol. The Hall–Kier alpha value is -2.76. The van der Waals surface area contributed by atoms with Crippen LogP contribution in [0.3, 0.4) is 0 Å². The maximum Gasteiger partial charge on any atom is 0.303 e. The summed E-state index contributed by atoms with van der Waals surface area (Å²) in [6.45, 7) is 6.88. The molecule has 26 heavy (non-hydrogen) atoms. The van der Waals surface area contributed by atoms with Crippen molar-refractivity contribution in [1.82, 2.24) is 4.98 Å². The van der Waals surface area contributed by atoms with E-state index in [1.807, 2.05) is 20.8 Å². The third-order valence-electron chi connectivity index (χ3n) is 3.44. The summed E-state index contributed by atoms with van der Waals surface area (Å²) in [5.41, 5.74) is 0.155. The van der Waals surface area contributed by atoms with Crippen LogP contribution in [0.1, 0.15) is 33.3 Å². The van der Waals surface area contributed by atoms with Gasteiger partial charge in [-0.15, -0.1) is 0 Å². The number of nitrogens with zero attached hydrogens (tertiary/aromatic N) is 1. The van der Waals surface area contributed by atoms with E-state index in [0.29, 0.717) is 5.56 Å². The first kappa shape index (κ1) is 19.6. The highest BCUT2D eigenvalue weighted by Crippen LogP contribution is 2.32. The first-order valence-electron chi connectivity index (χ1n) is 8.08. The highest BCUT2D eigenvalue weighted by Gasteiger charge is 2.33. The Kier molecular flexibility index (Phi) is 6.08. The van der Waals surface area contributed by atoms with Gasteiger partial charge in [-0.05, 0) is 29.8 Å². The zero-order chi connectivity index (χ0) is 19.3. The topological polar surface area (TPSA) is 48.4 Å². The number of carbonyl (C=O) groups is 1. The van der Waals surface area contributed by atoms with Gasteiger partial charge in [-0.2, -0.15) is 0 Å². The number of pyridine rings is 1. The van der Waals surface area contributed by atoms with Gasteiger partial charge in [0.1, 0.15) is 11.6 Å². The lowest BCUT2D eigenvalue weighted by Gasteiger charge is -2.31. The SMILES string of the molecule is CC(=O)OC(C(=Cc1cccnc1)Oc1ccc(F)cc1F)C(C)(C)C. The molecule has 0 spiro atoms. The second-order valence-corrected chi connectivity index (χ2v) is 6.87. The number of rotatable bonds is 5. The zero-order valence-electron chi connectivity index (χ0n) is 15.1. The van der Waals surface area contributed by atoms with Crippen LogP contribution >= 0.6 is 0 Å². The van der Waals surface area contributed by atoms with Crippen LogP contribution in [-0.4, -0.2) is 17.1 Å². The van der Waals surface area contributed by atoms with Gasteiger partial charge < -0.3 is 9.47 Å². The second kappa shape index (κ2) is 8.08. The van der Waals surface area contributed by atoms with Gasteiger partial charge in [0.25, 0.3) is 0 Å². The molecule has 0 aliphatic rings. The molecular formula is C20H21F2NO3. The Bertz CT molecular complexity index is 798. The van der Waals surface area contributed by atoms with Gasteiger partial charge in [-0.3, -0.25) is 9.78 Å². The van der Waals surface area contributed by atoms with E-state index in [2.05, 4.69) is 4.98 Å². The minimum atomic E-state index is -0.849. The van der Waals surface area contributed by atoms with Crippen LogP contribution < -0.4 is 4.74 Å². The molecule has 0 fully saturated rings. The van der Waals surface area contributed by atoms with E-state index in [4.69, 9.17) is 9.47 Å². The van der Waals surface area contributed by atoms with Crippen molar-refractivity contribution in [2.24, 2.45) is 5.41 Å². The maximum atomic E-state index is 14.1. The Balaban J connectivity index is 2.50. The number of aromatic nitrogens is 1. The number of esters is 1. The Morgan fingerprint density at radius 1 is 1.23 bits per heavy atom. The third-order valence-corrected chi connectivity index (χ3v) is 3.44. The van der Waals surface area contributed by atoms with Crippen molar-refractivity contribution in [3.63, 3.8) is 0 Å². The number of carbonyl (C=O) groups excluding carboxylic acids is 1. The van der Waals surface area contributed by atoms with Gasteiger partial charge in [0, 0.05) is 30.8 Å². The molecule has 0 aliphatic carbocycles. The molecule has 1 aromatic carbocycles. The molecule has 0 saturated heterocycles. The molecule has 4 nitrogen and oxygen atoms in total. The summed E-state index contributed by atoms with van der Waals surface area (Å²) in [5, 5.41) is 0. The second-order valence-electron chi connectivity index (χ2n) is 6.87. The van der Waals surface area contributed by atoms with Gasteiger partial charge in [0.2, 0.25) is 0 Å². The summed E-state index contributed by atoms with van der Waals surface area (Å²) in [4.78, 5) is 15.6. The molecule has 6 heteroatoms. The molecule has 0 amide bonds. The molecule has 0 bridgehead atoms. The summed E-state index contributed by atoms with van der Waals surface area (Å²) in [5.74, 6) is -2.00. The van der Waals surface area contributed by atoms with Crippen LogP contribution in [0.15, 0.2) is 48.5 Å². The van der Waals surface area contributed by atoms with Crippen LogP contribution in [0.5, 0.6) is 5.75 Å². The van der Waals surface area contributed by atoms with Crippen molar-refractivity contribution < 1.29 is 23.0 Å². The highest BCUT2D eigenvalue weighted by atomic mass is 19.1. The molecule has 2 rings (SSSR count). The standard InChI is InChI=1S/C20H21F2NO3/c1-13(24)25-19(20(2,3)4)18(10-14-6-5-9-23-12-14)26-17-8-7-15(21)11-16(17)22/h5-12,19H,1-4H3. The van der Waals surface area contributed by atoms with Crippen molar-refractivity contribution in [2.45, 2.75) is 33.8 Å². The smallest absolute Gasteiger partial charge is 0.303 e. The van der Waals surface area contributed by atoms with Gasteiger partial charge in [0.15, 0.2) is 17.7 Å². The Morgan fingerprint density at radius 3 is 2.50 bits per heavy atom. The predicted molar refractivity (Wildman–Crippen MR) is 94.2 cm³/mol. The van der Waals surface area contributed by atoms with E-state index < -0.39 is 29.1 Å². The van der Waals surface area contributed by atoms with Crippen LogP contribution in [0, 0.1) is 17.0 Å². The van der Waals surface area contributed by atoms with Crippen LogP contribution in [0.25, 0.3) is 6.08 Å². The lowest BCUT2D eigenvalue weighted by Crippen LogP contribution is -2.35. The van der Waals surface area contributed by atoms with E-state index in [-0.39, 0.29) is 11.5 Å². The first-order valence-corrected chi connectivity index (χ1v) is 8.08. The molecule has 1 heterocycles. The summed E-state index contributed by atoms with van der Waals surface area (Å²) < 4.78 is 38.4. The molecule has 138 valence electrons. The van der Waals surface area contributed by atoms with Crippen LogP contribution in [0.2, 0.25) is 0 Å². The largest absolute Gasteiger partial charge is 0.455 e. The molecule has 1 unspecified atom stereocenters. The molecular weight excluding hydrogens is 340 g/mol. The Labute approximate surface area is 151 Å².